The third-order valence-corrected chi connectivity index (χ3v) is 4.14. The van der Waals surface area contributed by atoms with Crippen molar-refractivity contribution in [3.8, 4) is 0 Å². The van der Waals surface area contributed by atoms with E-state index in [4.69, 9.17) is 14.2 Å². The van der Waals surface area contributed by atoms with Crippen LogP contribution >= 0.6 is 0 Å². The number of hydrogen-bond acceptors (Lipinski definition) is 7. The van der Waals surface area contributed by atoms with Crippen LogP contribution in [-0.2, 0) is 19.0 Å². The standard InChI is InChI=1S/C18H30O7/c1-6-18(5,9-7-8-11(2)3)25-17-16(23-12(4)20)15(22)14(21)13(10-19)24-17/h6,8,13-17,19,21-22H,1,7,9-10H2,2-5H3/t13-,14-,15+,16-,17+,18-/m1/s1. The van der Waals surface area contributed by atoms with Crippen LogP contribution in [0.5, 0.6) is 0 Å². The zero-order chi connectivity index (χ0) is 19.2. The Labute approximate surface area is 148 Å². The largest absolute Gasteiger partial charge is 0.454 e. The summed E-state index contributed by atoms with van der Waals surface area (Å²) in [6.07, 6.45) is -1.22. The van der Waals surface area contributed by atoms with Gasteiger partial charge in [-0.1, -0.05) is 17.7 Å². The fourth-order valence-corrected chi connectivity index (χ4v) is 2.59. The van der Waals surface area contributed by atoms with Crippen LogP contribution in [0.1, 0.15) is 40.5 Å². The highest BCUT2D eigenvalue weighted by Gasteiger charge is 2.48. The number of allylic oxidation sites excluding steroid dienone is 2. The van der Waals surface area contributed by atoms with Gasteiger partial charge in [0, 0.05) is 6.92 Å². The lowest BCUT2D eigenvalue weighted by Gasteiger charge is -2.44. The average Bonchev–Trinajstić information content (AvgIpc) is 2.53. The van der Waals surface area contributed by atoms with Gasteiger partial charge in [0.25, 0.3) is 0 Å². The zero-order valence-electron chi connectivity index (χ0n) is 15.3. The number of aliphatic hydroxyl groups is 3. The highest BCUT2D eigenvalue weighted by molar-refractivity contribution is 5.66. The Morgan fingerprint density at radius 2 is 1.92 bits per heavy atom. The summed E-state index contributed by atoms with van der Waals surface area (Å²) in [4.78, 5) is 11.3. The van der Waals surface area contributed by atoms with Crippen molar-refractivity contribution >= 4 is 5.97 Å². The summed E-state index contributed by atoms with van der Waals surface area (Å²) in [6, 6.07) is 0. The van der Waals surface area contributed by atoms with Crippen LogP contribution in [0.15, 0.2) is 24.3 Å². The molecule has 0 unspecified atom stereocenters. The molecular formula is C18H30O7. The van der Waals surface area contributed by atoms with Gasteiger partial charge in [0.05, 0.1) is 12.2 Å². The van der Waals surface area contributed by atoms with Crippen molar-refractivity contribution < 1.29 is 34.3 Å². The maximum absolute atomic E-state index is 11.3. The molecule has 144 valence electrons. The first-order valence-corrected chi connectivity index (χ1v) is 8.38. The van der Waals surface area contributed by atoms with Gasteiger partial charge < -0.3 is 29.5 Å². The van der Waals surface area contributed by atoms with Gasteiger partial charge in [0.1, 0.15) is 18.3 Å². The molecule has 1 rings (SSSR count). The number of carbonyl (C=O) groups is 1. The molecule has 0 aliphatic carbocycles. The molecule has 0 bridgehead atoms. The minimum Gasteiger partial charge on any atom is -0.454 e. The lowest BCUT2D eigenvalue weighted by atomic mass is 9.96. The summed E-state index contributed by atoms with van der Waals surface area (Å²) >= 11 is 0. The number of rotatable bonds is 8. The van der Waals surface area contributed by atoms with Crippen molar-refractivity contribution in [2.45, 2.75) is 76.8 Å². The normalized spacial score (nSPS) is 31.7. The number of aliphatic hydroxyl groups excluding tert-OH is 3. The SMILES string of the molecule is C=C[C@](C)(CCC=C(C)C)O[C@@H]1O[C@H](CO)[C@@H](O)[C@H](O)[C@H]1OC(C)=O. The molecule has 0 saturated carbocycles. The first kappa shape index (κ1) is 21.8. The van der Waals surface area contributed by atoms with E-state index in [9.17, 15) is 20.1 Å². The van der Waals surface area contributed by atoms with Crippen molar-refractivity contribution in [1.29, 1.82) is 0 Å². The van der Waals surface area contributed by atoms with Crippen LogP contribution in [-0.4, -0.2) is 64.2 Å². The number of carbonyl (C=O) groups excluding carboxylic acids is 1. The molecule has 0 aromatic carbocycles. The Hall–Kier alpha value is -1.25. The molecule has 25 heavy (non-hydrogen) atoms. The van der Waals surface area contributed by atoms with Crippen LogP contribution in [0.25, 0.3) is 0 Å². The third-order valence-electron chi connectivity index (χ3n) is 4.14. The Bertz CT molecular complexity index is 486. The van der Waals surface area contributed by atoms with Gasteiger partial charge in [-0.15, -0.1) is 6.58 Å². The van der Waals surface area contributed by atoms with E-state index >= 15 is 0 Å². The fraction of sp³-hybridized carbons (Fsp3) is 0.722. The molecule has 0 amide bonds. The van der Waals surface area contributed by atoms with Crippen LogP contribution in [0, 0.1) is 0 Å². The monoisotopic (exact) mass is 358 g/mol. The molecule has 6 atom stereocenters. The minimum atomic E-state index is -1.44. The molecule has 1 saturated heterocycles. The number of hydrogen-bond donors (Lipinski definition) is 3. The second-order valence-corrected chi connectivity index (χ2v) is 6.74. The molecular weight excluding hydrogens is 328 g/mol. The summed E-state index contributed by atoms with van der Waals surface area (Å²) in [5, 5.41) is 29.6. The topological polar surface area (TPSA) is 105 Å². The van der Waals surface area contributed by atoms with Crippen LogP contribution < -0.4 is 0 Å². The summed E-state index contributed by atoms with van der Waals surface area (Å²) in [5.41, 5.74) is 0.369. The molecule has 1 aliphatic rings. The van der Waals surface area contributed by atoms with E-state index in [1.165, 1.54) is 12.5 Å². The first-order valence-electron chi connectivity index (χ1n) is 8.38. The van der Waals surface area contributed by atoms with E-state index in [2.05, 4.69) is 12.7 Å². The first-order chi connectivity index (χ1) is 11.6. The highest BCUT2D eigenvalue weighted by atomic mass is 16.7. The molecule has 0 aromatic heterocycles. The van der Waals surface area contributed by atoms with Crippen molar-refractivity contribution in [2.75, 3.05) is 6.61 Å². The lowest BCUT2D eigenvalue weighted by molar-refractivity contribution is -0.321. The van der Waals surface area contributed by atoms with E-state index in [0.717, 1.165) is 6.42 Å². The minimum absolute atomic E-state index is 0.506. The maximum Gasteiger partial charge on any atom is 0.303 e. The summed E-state index contributed by atoms with van der Waals surface area (Å²) < 4.78 is 16.6. The third kappa shape index (κ3) is 6.20. The summed E-state index contributed by atoms with van der Waals surface area (Å²) in [5.74, 6) is -0.638. The van der Waals surface area contributed by atoms with Crippen LogP contribution in [0.2, 0.25) is 0 Å². The molecule has 0 aromatic rings. The number of esters is 1. The maximum atomic E-state index is 11.3. The predicted molar refractivity (Wildman–Crippen MR) is 91.7 cm³/mol. The fourth-order valence-electron chi connectivity index (χ4n) is 2.59. The van der Waals surface area contributed by atoms with Crippen LogP contribution in [0.3, 0.4) is 0 Å². The summed E-state index contributed by atoms with van der Waals surface area (Å²) in [7, 11) is 0. The molecule has 1 fully saturated rings. The van der Waals surface area contributed by atoms with E-state index in [0.29, 0.717) is 6.42 Å². The van der Waals surface area contributed by atoms with Gasteiger partial charge in [0.2, 0.25) is 0 Å². The van der Waals surface area contributed by atoms with Gasteiger partial charge in [-0.25, -0.2) is 0 Å². The molecule has 7 heteroatoms. The molecule has 7 nitrogen and oxygen atoms in total. The van der Waals surface area contributed by atoms with E-state index < -0.39 is 48.9 Å². The Morgan fingerprint density at radius 1 is 1.28 bits per heavy atom. The van der Waals surface area contributed by atoms with Gasteiger partial charge in [-0.2, -0.15) is 0 Å². The van der Waals surface area contributed by atoms with E-state index in [1.807, 2.05) is 13.8 Å². The second-order valence-electron chi connectivity index (χ2n) is 6.74. The van der Waals surface area contributed by atoms with Gasteiger partial charge in [-0.3, -0.25) is 4.79 Å². The molecule has 1 aliphatic heterocycles. The van der Waals surface area contributed by atoms with Crippen molar-refractivity contribution in [2.24, 2.45) is 0 Å². The molecule has 3 N–H and O–H groups in total. The predicted octanol–water partition coefficient (Wildman–Crippen LogP) is 1.06. The van der Waals surface area contributed by atoms with E-state index in [-0.39, 0.29) is 0 Å². The van der Waals surface area contributed by atoms with Crippen molar-refractivity contribution in [3.05, 3.63) is 24.3 Å². The van der Waals surface area contributed by atoms with Gasteiger partial charge >= 0.3 is 5.97 Å². The Kier molecular flexibility index (Phi) is 8.24. The summed E-state index contributed by atoms with van der Waals surface area (Å²) in [6.45, 7) is 10.3. The second kappa shape index (κ2) is 9.45. The van der Waals surface area contributed by atoms with Gasteiger partial charge in [-0.05, 0) is 33.6 Å². The average molecular weight is 358 g/mol. The lowest BCUT2D eigenvalue weighted by Crippen LogP contribution is -2.61. The zero-order valence-corrected chi connectivity index (χ0v) is 15.3. The van der Waals surface area contributed by atoms with E-state index in [1.54, 1.807) is 13.0 Å². The smallest absolute Gasteiger partial charge is 0.303 e. The number of ether oxygens (including phenoxy) is 3. The quantitative estimate of drug-likeness (QED) is 0.440. The molecule has 1 heterocycles. The molecule has 0 spiro atoms. The Balaban J connectivity index is 2.95. The van der Waals surface area contributed by atoms with Crippen molar-refractivity contribution in [3.63, 3.8) is 0 Å². The Morgan fingerprint density at radius 3 is 2.40 bits per heavy atom. The van der Waals surface area contributed by atoms with Crippen molar-refractivity contribution in [1.82, 2.24) is 0 Å². The molecule has 0 radical (unpaired) electrons. The van der Waals surface area contributed by atoms with Crippen LogP contribution in [0.4, 0.5) is 0 Å². The van der Waals surface area contributed by atoms with Gasteiger partial charge in [0.15, 0.2) is 12.4 Å². The highest BCUT2D eigenvalue weighted by Crippen LogP contribution is 2.30.